The Morgan fingerprint density at radius 1 is 1.17 bits per heavy atom. The fraction of sp³-hybridized carbons (Fsp3) is 0.478. The number of carboxylic acid groups (broad SMARTS) is 1. The lowest BCUT2D eigenvalue weighted by Crippen LogP contribution is -2.33. The van der Waals surface area contributed by atoms with Crippen molar-refractivity contribution in [3.63, 3.8) is 0 Å². The molecule has 1 aromatic carbocycles. The number of benzene rings is 1. The van der Waals surface area contributed by atoms with Crippen LogP contribution in [0.3, 0.4) is 0 Å². The van der Waals surface area contributed by atoms with Gasteiger partial charge in [-0.2, -0.15) is 0 Å². The molecule has 2 N–H and O–H groups in total. The molecule has 1 aromatic heterocycles. The lowest BCUT2D eigenvalue weighted by atomic mass is 9.82. The molecule has 7 heteroatoms. The molecular weight excluding hydrogens is 405 g/mol. The first-order chi connectivity index (χ1) is 14.5. The van der Waals surface area contributed by atoms with Crippen molar-refractivity contribution in [2.75, 3.05) is 13.2 Å². The minimum absolute atomic E-state index is 0.0631. The lowest BCUT2D eigenvalue weighted by Gasteiger charge is -2.26. The minimum Gasteiger partial charge on any atom is -0.481 e. The maximum absolute atomic E-state index is 13.3. The molecular formula is C23H26FNO4S. The largest absolute Gasteiger partial charge is 0.481 e. The third-order valence-electron chi connectivity index (χ3n) is 6.15. The van der Waals surface area contributed by atoms with Crippen molar-refractivity contribution in [1.29, 1.82) is 0 Å². The van der Waals surface area contributed by atoms with Crippen molar-refractivity contribution >= 4 is 23.2 Å². The van der Waals surface area contributed by atoms with E-state index >= 15 is 0 Å². The summed E-state index contributed by atoms with van der Waals surface area (Å²) in [6.07, 6.45) is 4.32. The van der Waals surface area contributed by atoms with Crippen LogP contribution in [0.1, 0.15) is 56.9 Å². The number of carbonyl (C=O) groups is 2. The molecule has 1 aliphatic heterocycles. The summed E-state index contributed by atoms with van der Waals surface area (Å²) in [7, 11) is 0. The van der Waals surface area contributed by atoms with E-state index in [0.717, 1.165) is 45.7 Å². The topological polar surface area (TPSA) is 75.6 Å². The van der Waals surface area contributed by atoms with Gasteiger partial charge in [0.15, 0.2) is 0 Å². The van der Waals surface area contributed by atoms with Crippen LogP contribution in [0.4, 0.5) is 4.39 Å². The molecule has 1 fully saturated rings. The van der Waals surface area contributed by atoms with Gasteiger partial charge in [0.1, 0.15) is 5.82 Å². The number of fused-ring (bicyclic) bond motifs is 1. The summed E-state index contributed by atoms with van der Waals surface area (Å²) in [5, 5.41) is 12.3. The maximum Gasteiger partial charge on any atom is 0.306 e. The van der Waals surface area contributed by atoms with Crippen molar-refractivity contribution in [2.24, 2.45) is 11.8 Å². The summed E-state index contributed by atoms with van der Waals surface area (Å²) in [6.45, 7) is 1.71. The highest BCUT2D eigenvalue weighted by Crippen LogP contribution is 2.34. The molecule has 4 rings (SSSR count). The molecule has 0 bridgehead atoms. The van der Waals surface area contributed by atoms with Gasteiger partial charge >= 0.3 is 5.97 Å². The van der Waals surface area contributed by atoms with Gasteiger partial charge in [0, 0.05) is 22.7 Å². The molecule has 0 saturated heterocycles. The highest BCUT2D eigenvalue weighted by Gasteiger charge is 2.28. The standard InChI is InChI=1S/C23H26FNO4S/c24-17-7-3-14(4-8-17)11-19-21(18-9-10-29-13-20(18)30-19)22(26)25-12-15-1-5-16(6-2-15)23(27)28/h3-4,7-8,15-16H,1-2,5-6,9-13H2,(H,25,26)(H,27,28). The first kappa shape index (κ1) is 21.0. The molecule has 0 radical (unpaired) electrons. The number of aliphatic carboxylic acids is 1. The molecule has 5 nitrogen and oxygen atoms in total. The lowest BCUT2D eigenvalue weighted by molar-refractivity contribution is -0.143. The van der Waals surface area contributed by atoms with Crippen LogP contribution in [0.2, 0.25) is 0 Å². The number of hydrogen-bond donors (Lipinski definition) is 2. The molecule has 0 spiro atoms. The number of halogens is 1. The molecule has 1 saturated carbocycles. The first-order valence-corrected chi connectivity index (χ1v) is 11.3. The van der Waals surface area contributed by atoms with Gasteiger partial charge in [0.25, 0.3) is 5.91 Å². The molecule has 2 heterocycles. The van der Waals surface area contributed by atoms with Gasteiger partial charge in [-0.05, 0) is 61.3 Å². The second kappa shape index (κ2) is 9.27. The molecule has 0 atom stereocenters. The first-order valence-electron chi connectivity index (χ1n) is 10.5. The third kappa shape index (κ3) is 4.73. The Bertz CT molecular complexity index is 916. The van der Waals surface area contributed by atoms with Crippen LogP contribution in [0.15, 0.2) is 24.3 Å². The Kier molecular flexibility index (Phi) is 6.49. The summed E-state index contributed by atoms with van der Waals surface area (Å²) in [6, 6.07) is 6.40. The Labute approximate surface area is 179 Å². The summed E-state index contributed by atoms with van der Waals surface area (Å²) in [5.74, 6) is -0.971. The number of hydrogen-bond acceptors (Lipinski definition) is 4. The van der Waals surface area contributed by atoms with E-state index in [4.69, 9.17) is 9.84 Å². The van der Waals surface area contributed by atoms with Crippen molar-refractivity contribution in [1.82, 2.24) is 5.32 Å². The summed E-state index contributed by atoms with van der Waals surface area (Å²) in [4.78, 5) is 26.4. The van der Waals surface area contributed by atoms with Crippen LogP contribution >= 0.6 is 11.3 Å². The monoisotopic (exact) mass is 431 g/mol. The van der Waals surface area contributed by atoms with Gasteiger partial charge in [-0.3, -0.25) is 9.59 Å². The molecule has 2 aliphatic rings. The minimum atomic E-state index is -0.713. The predicted molar refractivity (Wildman–Crippen MR) is 112 cm³/mol. The number of rotatable bonds is 6. The van der Waals surface area contributed by atoms with E-state index < -0.39 is 5.97 Å². The van der Waals surface area contributed by atoms with E-state index in [0.29, 0.717) is 44.9 Å². The van der Waals surface area contributed by atoms with Crippen LogP contribution < -0.4 is 5.32 Å². The number of nitrogens with one attached hydrogen (secondary N) is 1. The van der Waals surface area contributed by atoms with Gasteiger partial charge < -0.3 is 15.2 Å². The normalized spacial score (nSPS) is 21.1. The Morgan fingerprint density at radius 2 is 1.90 bits per heavy atom. The molecule has 0 unspecified atom stereocenters. The zero-order valence-electron chi connectivity index (χ0n) is 16.8. The van der Waals surface area contributed by atoms with Crippen LogP contribution in [0.5, 0.6) is 0 Å². The van der Waals surface area contributed by atoms with Crippen LogP contribution in [-0.4, -0.2) is 30.1 Å². The fourth-order valence-electron chi connectivity index (χ4n) is 4.40. The van der Waals surface area contributed by atoms with Crippen LogP contribution in [0.25, 0.3) is 0 Å². The Morgan fingerprint density at radius 3 is 2.60 bits per heavy atom. The van der Waals surface area contributed by atoms with Crippen LogP contribution in [0, 0.1) is 17.7 Å². The number of carbonyl (C=O) groups excluding carboxylic acids is 1. The zero-order chi connectivity index (χ0) is 21.1. The quantitative estimate of drug-likeness (QED) is 0.720. The fourth-order valence-corrected chi connectivity index (χ4v) is 5.73. The van der Waals surface area contributed by atoms with Gasteiger partial charge in [0.2, 0.25) is 0 Å². The average Bonchev–Trinajstić information content (AvgIpc) is 3.12. The third-order valence-corrected chi connectivity index (χ3v) is 7.35. The zero-order valence-corrected chi connectivity index (χ0v) is 17.6. The average molecular weight is 432 g/mol. The molecule has 1 aliphatic carbocycles. The number of ether oxygens (including phenoxy) is 1. The molecule has 2 aromatic rings. The number of thiophene rings is 1. The van der Waals surface area contributed by atoms with Crippen molar-refractivity contribution in [3.8, 4) is 0 Å². The van der Waals surface area contributed by atoms with Gasteiger partial charge in [-0.25, -0.2) is 4.39 Å². The van der Waals surface area contributed by atoms with E-state index in [-0.39, 0.29) is 17.6 Å². The predicted octanol–water partition coefficient (Wildman–Crippen LogP) is 4.17. The Balaban J connectivity index is 1.46. The van der Waals surface area contributed by atoms with E-state index in [1.54, 1.807) is 23.5 Å². The van der Waals surface area contributed by atoms with E-state index in [1.165, 1.54) is 12.1 Å². The van der Waals surface area contributed by atoms with Gasteiger partial charge in [-0.1, -0.05) is 12.1 Å². The highest BCUT2D eigenvalue weighted by atomic mass is 32.1. The van der Waals surface area contributed by atoms with E-state index in [9.17, 15) is 14.0 Å². The Hall–Kier alpha value is -2.25. The van der Waals surface area contributed by atoms with Crippen LogP contribution in [-0.2, 0) is 29.0 Å². The van der Waals surface area contributed by atoms with E-state index in [1.807, 2.05) is 0 Å². The summed E-state index contributed by atoms with van der Waals surface area (Å²) >= 11 is 1.61. The van der Waals surface area contributed by atoms with Crippen molar-refractivity contribution < 1.29 is 23.8 Å². The second-order valence-electron chi connectivity index (χ2n) is 8.17. The van der Waals surface area contributed by atoms with E-state index in [2.05, 4.69) is 5.32 Å². The summed E-state index contributed by atoms with van der Waals surface area (Å²) in [5.41, 5.74) is 2.80. The molecule has 160 valence electrons. The number of amides is 1. The second-order valence-corrected chi connectivity index (χ2v) is 9.36. The van der Waals surface area contributed by atoms with Gasteiger partial charge in [-0.15, -0.1) is 11.3 Å². The van der Waals surface area contributed by atoms with Crippen molar-refractivity contribution in [2.45, 2.75) is 45.1 Å². The SMILES string of the molecule is O=C(NCC1CCC(C(=O)O)CC1)c1c(Cc2ccc(F)cc2)sc2c1CCOC2. The summed E-state index contributed by atoms with van der Waals surface area (Å²) < 4.78 is 18.8. The van der Waals surface area contributed by atoms with Crippen molar-refractivity contribution in [3.05, 3.63) is 56.5 Å². The maximum atomic E-state index is 13.3. The molecule has 1 amide bonds. The number of carboxylic acids is 1. The molecule has 30 heavy (non-hydrogen) atoms. The highest BCUT2D eigenvalue weighted by molar-refractivity contribution is 7.12. The van der Waals surface area contributed by atoms with Gasteiger partial charge in [0.05, 0.1) is 24.7 Å². The smallest absolute Gasteiger partial charge is 0.306 e.